The molecule has 1 aliphatic rings. The summed E-state index contributed by atoms with van der Waals surface area (Å²) < 4.78 is 1.50. The standard InChI is InChI=1S/C8H11N3O/c12-8(5-10-7-1-2-7)11-4-3-9-6-11/h3-4,6-7,10H,1-2,5H2. The lowest BCUT2D eigenvalue weighted by atomic mass is 10.5. The number of hydrogen-bond acceptors (Lipinski definition) is 3. The Bertz CT molecular complexity index is 264. The predicted molar refractivity (Wildman–Crippen MR) is 43.9 cm³/mol. The largest absolute Gasteiger partial charge is 0.306 e. The Hall–Kier alpha value is -1.16. The van der Waals surface area contributed by atoms with Gasteiger partial charge < -0.3 is 5.32 Å². The summed E-state index contributed by atoms with van der Waals surface area (Å²) in [6.07, 6.45) is 7.21. The van der Waals surface area contributed by atoms with E-state index in [9.17, 15) is 4.79 Å². The molecular weight excluding hydrogens is 154 g/mol. The van der Waals surface area contributed by atoms with Crippen molar-refractivity contribution in [2.45, 2.75) is 18.9 Å². The summed E-state index contributed by atoms with van der Waals surface area (Å²) in [5.41, 5.74) is 0. The molecule has 0 unspecified atom stereocenters. The number of nitrogens with zero attached hydrogens (tertiary/aromatic N) is 2. The van der Waals surface area contributed by atoms with E-state index in [-0.39, 0.29) is 5.91 Å². The molecule has 12 heavy (non-hydrogen) atoms. The van der Waals surface area contributed by atoms with Crippen molar-refractivity contribution >= 4 is 5.91 Å². The van der Waals surface area contributed by atoms with Crippen molar-refractivity contribution < 1.29 is 4.79 Å². The van der Waals surface area contributed by atoms with E-state index in [4.69, 9.17) is 0 Å². The fourth-order valence-electron chi connectivity index (χ4n) is 1.02. The minimum Gasteiger partial charge on any atom is -0.306 e. The molecule has 1 fully saturated rings. The van der Waals surface area contributed by atoms with Crippen LogP contribution < -0.4 is 5.32 Å². The molecule has 1 N–H and O–H groups in total. The second-order valence-electron chi connectivity index (χ2n) is 3.02. The van der Waals surface area contributed by atoms with Crippen LogP contribution in [0.4, 0.5) is 0 Å². The van der Waals surface area contributed by atoms with Gasteiger partial charge in [-0.15, -0.1) is 0 Å². The molecule has 1 heterocycles. The maximum atomic E-state index is 11.3. The number of imidazole rings is 1. The van der Waals surface area contributed by atoms with E-state index < -0.39 is 0 Å². The lowest BCUT2D eigenvalue weighted by Crippen LogP contribution is -2.28. The number of carbonyl (C=O) groups excluding carboxylic acids is 1. The van der Waals surface area contributed by atoms with Crippen molar-refractivity contribution in [3.63, 3.8) is 0 Å². The summed E-state index contributed by atoms with van der Waals surface area (Å²) in [4.78, 5) is 15.1. The Morgan fingerprint density at radius 1 is 1.67 bits per heavy atom. The zero-order valence-corrected chi connectivity index (χ0v) is 6.73. The van der Waals surface area contributed by atoms with Gasteiger partial charge in [0.25, 0.3) is 0 Å². The zero-order chi connectivity index (χ0) is 8.39. The molecule has 0 aromatic carbocycles. The summed E-state index contributed by atoms with van der Waals surface area (Å²) in [7, 11) is 0. The van der Waals surface area contributed by atoms with Crippen molar-refractivity contribution in [3.8, 4) is 0 Å². The first-order chi connectivity index (χ1) is 5.86. The predicted octanol–water partition coefficient (Wildman–Crippen LogP) is 0.275. The Balaban J connectivity index is 1.83. The third-order valence-electron chi connectivity index (χ3n) is 1.91. The molecule has 0 atom stereocenters. The second-order valence-corrected chi connectivity index (χ2v) is 3.02. The van der Waals surface area contributed by atoms with E-state index in [0.717, 1.165) is 0 Å². The van der Waals surface area contributed by atoms with Crippen molar-refractivity contribution in [2.24, 2.45) is 0 Å². The van der Waals surface area contributed by atoms with E-state index in [1.807, 2.05) is 0 Å². The SMILES string of the molecule is O=C(CNC1CC1)n1ccnc1. The number of aromatic nitrogens is 2. The molecule has 0 bridgehead atoms. The van der Waals surface area contributed by atoms with Crippen LogP contribution in [0.2, 0.25) is 0 Å². The molecule has 64 valence electrons. The molecular formula is C8H11N3O. The van der Waals surface area contributed by atoms with Gasteiger partial charge in [-0.25, -0.2) is 4.98 Å². The van der Waals surface area contributed by atoms with Crippen molar-refractivity contribution in [1.82, 2.24) is 14.9 Å². The number of nitrogens with one attached hydrogen (secondary N) is 1. The van der Waals surface area contributed by atoms with E-state index in [1.54, 1.807) is 12.4 Å². The Kier molecular flexibility index (Phi) is 1.91. The third-order valence-corrected chi connectivity index (χ3v) is 1.91. The lowest BCUT2D eigenvalue weighted by Gasteiger charge is -2.01. The van der Waals surface area contributed by atoms with Gasteiger partial charge in [-0.05, 0) is 12.8 Å². The van der Waals surface area contributed by atoms with Crippen LogP contribution in [-0.4, -0.2) is 28.0 Å². The van der Waals surface area contributed by atoms with E-state index in [2.05, 4.69) is 10.3 Å². The van der Waals surface area contributed by atoms with E-state index in [0.29, 0.717) is 12.6 Å². The first-order valence-electron chi connectivity index (χ1n) is 4.11. The van der Waals surface area contributed by atoms with Crippen LogP contribution >= 0.6 is 0 Å². The molecule has 0 spiro atoms. The van der Waals surface area contributed by atoms with Crippen LogP contribution in [-0.2, 0) is 0 Å². The van der Waals surface area contributed by atoms with Gasteiger partial charge in [0.1, 0.15) is 6.33 Å². The highest BCUT2D eigenvalue weighted by molar-refractivity contribution is 5.80. The minimum atomic E-state index is 0.0550. The molecule has 1 saturated carbocycles. The van der Waals surface area contributed by atoms with E-state index >= 15 is 0 Å². The van der Waals surface area contributed by atoms with Gasteiger partial charge >= 0.3 is 0 Å². The molecule has 1 aromatic heterocycles. The minimum absolute atomic E-state index is 0.0550. The highest BCUT2D eigenvalue weighted by Gasteiger charge is 2.21. The zero-order valence-electron chi connectivity index (χ0n) is 6.73. The van der Waals surface area contributed by atoms with Crippen molar-refractivity contribution in [1.29, 1.82) is 0 Å². The smallest absolute Gasteiger partial charge is 0.245 e. The van der Waals surface area contributed by atoms with Crippen LogP contribution in [0.25, 0.3) is 0 Å². The first-order valence-corrected chi connectivity index (χ1v) is 4.11. The van der Waals surface area contributed by atoms with Crippen LogP contribution in [0.1, 0.15) is 17.6 Å². The Morgan fingerprint density at radius 3 is 3.08 bits per heavy atom. The third kappa shape index (κ3) is 1.71. The molecule has 0 radical (unpaired) electrons. The summed E-state index contributed by atoms with van der Waals surface area (Å²) in [5, 5.41) is 3.15. The average molecular weight is 165 g/mol. The molecule has 2 rings (SSSR count). The molecule has 4 heteroatoms. The van der Waals surface area contributed by atoms with Gasteiger partial charge in [-0.1, -0.05) is 0 Å². The maximum Gasteiger partial charge on any atom is 0.245 e. The Labute approximate surface area is 70.6 Å². The van der Waals surface area contributed by atoms with Gasteiger partial charge in [-0.3, -0.25) is 9.36 Å². The molecule has 4 nitrogen and oxygen atoms in total. The van der Waals surface area contributed by atoms with Crippen molar-refractivity contribution in [2.75, 3.05) is 6.54 Å². The monoisotopic (exact) mass is 165 g/mol. The van der Waals surface area contributed by atoms with Crippen molar-refractivity contribution in [3.05, 3.63) is 18.7 Å². The lowest BCUT2D eigenvalue weighted by molar-refractivity contribution is 0.0911. The topological polar surface area (TPSA) is 46.9 Å². The molecule has 1 aromatic rings. The normalized spacial score (nSPS) is 16.3. The molecule has 0 aliphatic heterocycles. The van der Waals surface area contributed by atoms with Crippen LogP contribution in [0.15, 0.2) is 18.7 Å². The highest BCUT2D eigenvalue weighted by atomic mass is 16.2. The Morgan fingerprint density at radius 2 is 2.50 bits per heavy atom. The van der Waals surface area contributed by atoms with Crippen LogP contribution in [0.3, 0.4) is 0 Å². The number of carbonyl (C=O) groups is 1. The van der Waals surface area contributed by atoms with Crippen LogP contribution in [0, 0.1) is 0 Å². The molecule has 0 saturated heterocycles. The first kappa shape index (κ1) is 7.49. The highest BCUT2D eigenvalue weighted by Crippen LogP contribution is 2.17. The fourth-order valence-corrected chi connectivity index (χ4v) is 1.02. The van der Waals surface area contributed by atoms with Crippen LogP contribution in [0.5, 0.6) is 0 Å². The quantitative estimate of drug-likeness (QED) is 0.699. The second kappa shape index (κ2) is 3.06. The maximum absolute atomic E-state index is 11.3. The van der Waals surface area contributed by atoms with Gasteiger partial charge in [0.05, 0.1) is 6.54 Å². The molecule has 1 aliphatic carbocycles. The number of rotatable bonds is 3. The fraction of sp³-hybridized carbons (Fsp3) is 0.500. The van der Waals surface area contributed by atoms with Gasteiger partial charge in [0.15, 0.2) is 0 Å². The van der Waals surface area contributed by atoms with Gasteiger partial charge in [-0.2, -0.15) is 0 Å². The van der Waals surface area contributed by atoms with Gasteiger partial charge in [0.2, 0.25) is 5.91 Å². The summed E-state index contributed by atoms with van der Waals surface area (Å²) in [5.74, 6) is 0.0550. The average Bonchev–Trinajstić information content (AvgIpc) is 2.74. The van der Waals surface area contributed by atoms with E-state index in [1.165, 1.54) is 23.7 Å². The summed E-state index contributed by atoms with van der Waals surface area (Å²) in [6.45, 7) is 0.418. The van der Waals surface area contributed by atoms with Gasteiger partial charge in [0, 0.05) is 18.4 Å². The number of hydrogen-bond donors (Lipinski definition) is 1. The molecule has 0 amide bonds. The summed E-state index contributed by atoms with van der Waals surface area (Å²) >= 11 is 0. The summed E-state index contributed by atoms with van der Waals surface area (Å²) in [6, 6.07) is 0.581.